The van der Waals surface area contributed by atoms with E-state index in [-0.39, 0.29) is 29.9 Å². The number of aliphatic imine (C=N–C) groups is 1. The summed E-state index contributed by atoms with van der Waals surface area (Å²) in [7, 11) is 2.13. The lowest BCUT2D eigenvalue weighted by atomic mass is 10.1. The third-order valence-electron chi connectivity index (χ3n) is 6.11. The molecule has 34 heavy (non-hydrogen) atoms. The summed E-state index contributed by atoms with van der Waals surface area (Å²) in [6.45, 7) is 10.0. The SMILES string of the molecule is CCNC(=NCc1cccc(CN(C)CC)c1)NCC1CC(=O)N(CCc2ccccc2)C1.I. The van der Waals surface area contributed by atoms with Crippen LogP contribution in [-0.4, -0.2) is 61.4 Å². The number of rotatable bonds is 11. The second-order valence-corrected chi connectivity index (χ2v) is 8.87. The van der Waals surface area contributed by atoms with Crippen LogP contribution in [0.25, 0.3) is 0 Å². The molecule has 2 aromatic rings. The minimum Gasteiger partial charge on any atom is -0.357 e. The predicted octanol–water partition coefficient (Wildman–Crippen LogP) is 3.90. The summed E-state index contributed by atoms with van der Waals surface area (Å²) < 4.78 is 0. The van der Waals surface area contributed by atoms with Crippen LogP contribution in [0.3, 0.4) is 0 Å². The Kier molecular flexibility index (Phi) is 12.4. The lowest BCUT2D eigenvalue weighted by molar-refractivity contribution is -0.127. The Morgan fingerprint density at radius 3 is 2.53 bits per heavy atom. The van der Waals surface area contributed by atoms with Crippen molar-refractivity contribution in [2.24, 2.45) is 10.9 Å². The van der Waals surface area contributed by atoms with Gasteiger partial charge in [0.25, 0.3) is 0 Å². The van der Waals surface area contributed by atoms with Gasteiger partial charge < -0.3 is 20.4 Å². The summed E-state index contributed by atoms with van der Waals surface area (Å²) in [6.07, 6.45) is 1.51. The zero-order valence-corrected chi connectivity index (χ0v) is 23.1. The molecule has 0 aliphatic carbocycles. The zero-order chi connectivity index (χ0) is 23.5. The molecule has 1 fully saturated rings. The van der Waals surface area contributed by atoms with Gasteiger partial charge in [0.15, 0.2) is 5.96 Å². The number of amides is 1. The minimum absolute atomic E-state index is 0. The number of halogens is 1. The van der Waals surface area contributed by atoms with Crippen molar-refractivity contribution in [2.45, 2.75) is 39.8 Å². The van der Waals surface area contributed by atoms with Crippen molar-refractivity contribution in [3.8, 4) is 0 Å². The fraction of sp³-hybridized carbons (Fsp3) is 0.481. The molecule has 0 bridgehead atoms. The number of hydrogen-bond acceptors (Lipinski definition) is 3. The number of nitrogens with zero attached hydrogens (tertiary/aromatic N) is 3. The molecule has 0 aromatic heterocycles. The monoisotopic (exact) mass is 577 g/mol. The summed E-state index contributed by atoms with van der Waals surface area (Å²) >= 11 is 0. The largest absolute Gasteiger partial charge is 0.357 e. The van der Waals surface area contributed by atoms with Gasteiger partial charge in [-0.3, -0.25) is 4.79 Å². The van der Waals surface area contributed by atoms with Crippen LogP contribution in [0.4, 0.5) is 0 Å². The van der Waals surface area contributed by atoms with Gasteiger partial charge >= 0.3 is 0 Å². The maximum absolute atomic E-state index is 12.5. The Labute approximate surface area is 222 Å². The fourth-order valence-electron chi connectivity index (χ4n) is 4.12. The molecule has 1 unspecified atom stereocenters. The molecule has 1 saturated heterocycles. The first-order valence-corrected chi connectivity index (χ1v) is 12.2. The molecular formula is C27H40IN5O. The van der Waals surface area contributed by atoms with E-state index >= 15 is 0 Å². The highest BCUT2D eigenvalue weighted by molar-refractivity contribution is 14.0. The number of guanidine groups is 1. The molecular weight excluding hydrogens is 537 g/mol. The Morgan fingerprint density at radius 2 is 1.79 bits per heavy atom. The van der Waals surface area contributed by atoms with E-state index in [0.717, 1.165) is 51.6 Å². The van der Waals surface area contributed by atoms with Crippen LogP contribution >= 0.6 is 24.0 Å². The summed E-state index contributed by atoms with van der Waals surface area (Å²) in [5.41, 5.74) is 3.79. The Hall–Kier alpha value is -2.13. The summed E-state index contributed by atoms with van der Waals surface area (Å²) in [4.78, 5) is 21.5. The highest BCUT2D eigenvalue weighted by Gasteiger charge is 2.29. The van der Waals surface area contributed by atoms with E-state index in [4.69, 9.17) is 4.99 Å². The number of nitrogens with one attached hydrogen (secondary N) is 2. The number of likely N-dealkylation sites (tertiary alicyclic amines) is 1. The molecule has 0 saturated carbocycles. The van der Waals surface area contributed by atoms with Crippen molar-refractivity contribution >= 4 is 35.8 Å². The van der Waals surface area contributed by atoms with Crippen molar-refractivity contribution in [3.63, 3.8) is 0 Å². The average molecular weight is 578 g/mol. The summed E-state index contributed by atoms with van der Waals surface area (Å²) in [6, 6.07) is 19.0. The van der Waals surface area contributed by atoms with E-state index in [0.29, 0.717) is 18.9 Å². The molecule has 0 radical (unpaired) electrons. The van der Waals surface area contributed by atoms with Crippen LogP contribution < -0.4 is 10.6 Å². The maximum atomic E-state index is 12.5. The fourth-order valence-corrected chi connectivity index (χ4v) is 4.12. The predicted molar refractivity (Wildman–Crippen MR) is 152 cm³/mol. The van der Waals surface area contributed by atoms with Crippen LogP contribution in [0, 0.1) is 5.92 Å². The van der Waals surface area contributed by atoms with Crippen molar-refractivity contribution in [3.05, 3.63) is 71.3 Å². The second-order valence-electron chi connectivity index (χ2n) is 8.87. The molecule has 6 nitrogen and oxygen atoms in total. The van der Waals surface area contributed by atoms with Crippen molar-refractivity contribution < 1.29 is 4.79 Å². The third kappa shape index (κ3) is 9.25. The van der Waals surface area contributed by atoms with Crippen molar-refractivity contribution in [1.82, 2.24) is 20.4 Å². The number of carbonyl (C=O) groups is 1. The smallest absolute Gasteiger partial charge is 0.223 e. The molecule has 0 spiro atoms. The number of hydrogen-bond donors (Lipinski definition) is 2. The molecule has 1 aliphatic heterocycles. The maximum Gasteiger partial charge on any atom is 0.223 e. The van der Waals surface area contributed by atoms with Gasteiger partial charge in [-0.2, -0.15) is 0 Å². The van der Waals surface area contributed by atoms with Crippen LogP contribution in [-0.2, 0) is 24.3 Å². The third-order valence-corrected chi connectivity index (χ3v) is 6.11. The first-order chi connectivity index (χ1) is 16.1. The van der Waals surface area contributed by atoms with Crippen molar-refractivity contribution in [1.29, 1.82) is 0 Å². The van der Waals surface area contributed by atoms with Gasteiger partial charge in [0.2, 0.25) is 5.91 Å². The van der Waals surface area contributed by atoms with Crippen molar-refractivity contribution in [2.75, 3.05) is 39.8 Å². The van der Waals surface area contributed by atoms with Crippen LogP contribution in [0.15, 0.2) is 59.6 Å². The summed E-state index contributed by atoms with van der Waals surface area (Å²) in [5.74, 6) is 1.38. The van der Waals surface area contributed by atoms with Crippen LogP contribution in [0.1, 0.15) is 37.0 Å². The number of benzene rings is 2. The Bertz CT molecular complexity index is 905. The van der Waals surface area contributed by atoms with E-state index < -0.39 is 0 Å². The first kappa shape index (κ1) is 28.1. The summed E-state index contributed by atoms with van der Waals surface area (Å²) in [5, 5.41) is 6.79. The van der Waals surface area contributed by atoms with Crippen LogP contribution in [0.2, 0.25) is 0 Å². The minimum atomic E-state index is 0. The molecule has 1 atom stereocenters. The molecule has 2 aromatic carbocycles. The average Bonchev–Trinajstić information content (AvgIpc) is 3.19. The van der Waals surface area contributed by atoms with E-state index in [2.05, 4.69) is 85.0 Å². The lowest BCUT2D eigenvalue weighted by Crippen LogP contribution is -2.40. The molecule has 3 rings (SSSR count). The molecule has 1 heterocycles. The van der Waals surface area contributed by atoms with Gasteiger partial charge in [-0.15, -0.1) is 24.0 Å². The van der Waals surface area contributed by atoms with Gasteiger partial charge in [-0.1, -0.05) is 61.5 Å². The Balaban J connectivity index is 0.00000408. The van der Waals surface area contributed by atoms with Gasteiger partial charge in [-0.05, 0) is 43.6 Å². The van der Waals surface area contributed by atoms with Gasteiger partial charge in [0, 0.05) is 45.1 Å². The molecule has 1 aliphatic rings. The first-order valence-electron chi connectivity index (χ1n) is 12.2. The second kappa shape index (κ2) is 15.0. The van der Waals surface area contributed by atoms with E-state index in [9.17, 15) is 4.79 Å². The number of carbonyl (C=O) groups excluding carboxylic acids is 1. The van der Waals surface area contributed by atoms with E-state index in [1.165, 1.54) is 16.7 Å². The van der Waals surface area contributed by atoms with E-state index in [1.54, 1.807) is 0 Å². The van der Waals surface area contributed by atoms with Gasteiger partial charge in [0.1, 0.15) is 0 Å². The normalized spacial score (nSPS) is 16.0. The van der Waals surface area contributed by atoms with Gasteiger partial charge in [-0.25, -0.2) is 4.99 Å². The molecule has 7 heteroatoms. The van der Waals surface area contributed by atoms with E-state index in [1.807, 2.05) is 11.0 Å². The lowest BCUT2D eigenvalue weighted by Gasteiger charge is -2.18. The molecule has 1 amide bonds. The van der Waals surface area contributed by atoms with Crippen LogP contribution in [0.5, 0.6) is 0 Å². The molecule has 186 valence electrons. The quantitative estimate of drug-likeness (QED) is 0.242. The highest BCUT2D eigenvalue weighted by atomic mass is 127. The highest BCUT2D eigenvalue weighted by Crippen LogP contribution is 2.17. The zero-order valence-electron chi connectivity index (χ0n) is 20.8. The standard InChI is InChI=1S/C27H39N5O.HI/c1-4-28-27(29-18-23-12-9-13-24(16-23)20-31(3)5-2)30-19-25-17-26(33)32(21-25)15-14-22-10-7-6-8-11-22;/h6-13,16,25H,4-5,14-15,17-21H2,1-3H3,(H2,28,29,30);1H. The van der Waals surface area contributed by atoms with Gasteiger partial charge in [0.05, 0.1) is 6.54 Å². The molecule has 2 N–H and O–H groups in total. The topological polar surface area (TPSA) is 60.0 Å². The Morgan fingerprint density at radius 1 is 1.06 bits per heavy atom.